The molecule has 5 heteroatoms. The van der Waals surface area contributed by atoms with Crippen molar-refractivity contribution >= 4 is 27.5 Å². The number of ether oxygens (including phenoxy) is 1. The fourth-order valence-corrected chi connectivity index (χ4v) is 1.98. The molecule has 0 aliphatic heterocycles. The molecule has 0 fully saturated rings. The van der Waals surface area contributed by atoms with E-state index in [1.165, 1.54) is 0 Å². The topological polar surface area (TPSA) is 50.7 Å². The highest BCUT2D eigenvalue weighted by atomic mass is 79.9. The quantitative estimate of drug-likeness (QED) is 0.679. The van der Waals surface area contributed by atoms with E-state index in [4.69, 9.17) is 4.74 Å². The third-order valence-electron chi connectivity index (χ3n) is 2.92. The molecule has 1 amide bonds. The van der Waals surface area contributed by atoms with Gasteiger partial charge in [0.2, 0.25) is 0 Å². The van der Waals surface area contributed by atoms with E-state index < -0.39 is 0 Å². The number of nitrogens with zero attached hydrogens (tertiary/aromatic N) is 1. The first-order chi connectivity index (χ1) is 10.1. The number of carbonyl (C=O) groups is 1. The summed E-state index contributed by atoms with van der Waals surface area (Å²) in [6, 6.07) is 14.6. The number of nitrogens with one attached hydrogen (secondary N) is 1. The number of hydrogen-bond acceptors (Lipinski definition) is 3. The van der Waals surface area contributed by atoms with Crippen LogP contribution in [0.5, 0.6) is 5.75 Å². The second kappa shape index (κ2) is 7.04. The summed E-state index contributed by atoms with van der Waals surface area (Å²) >= 11 is 3.38. The van der Waals surface area contributed by atoms with Crippen LogP contribution < -0.4 is 10.2 Å². The van der Waals surface area contributed by atoms with Crippen LogP contribution >= 0.6 is 15.9 Å². The van der Waals surface area contributed by atoms with Crippen molar-refractivity contribution < 1.29 is 9.53 Å². The Bertz CT molecular complexity index is 666. The maximum absolute atomic E-state index is 12.0. The minimum absolute atomic E-state index is 0.273. The number of rotatable bonds is 4. The molecule has 1 N–H and O–H groups in total. The first-order valence-electron chi connectivity index (χ1n) is 6.35. The average Bonchev–Trinajstić information content (AvgIpc) is 2.53. The molecule has 0 heterocycles. The predicted molar refractivity (Wildman–Crippen MR) is 86.8 cm³/mol. The summed E-state index contributed by atoms with van der Waals surface area (Å²) < 4.78 is 6.09. The van der Waals surface area contributed by atoms with Crippen LogP contribution in [0.25, 0.3) is 0 Å². The monoisotopic (exact) mass is 346 g/mol. The smallest absolute Gasteiger partial charge is 0.271 e. The van der Waals surface area contributed by atoms with Crippen molar-refractivity contribution in [1.82, 2.24) is 5.43 Å². The van der Waals surface area contributed by atoms with E-state index >= 15 is 0 Å². The maximum atomic E-state index is 12.0. The van der Waals surface area contributed by atoms with Crippen molar-refractivity contribution in [3.63, 3.8) is 0 Å². The molecule has 4 nitrogen and oxygen atoms in total. The van der Waals surface area contributed by atoms with Gasteiger partial charge < -0.3 is 4.74 Å². The number of benzene rings is 2. The van der Waals surface area contributed by atoms with Gasteiger partial charge in [-0.2, -0.15) is 5.10 Å². The molecule has 108 valence electrons. The van der Waals surface area contributed by atoms with E-state index in [2.05, 4.69) is 26.5 Å². The molecule has 0 saturated carbocycles. The van der Waals surface area contributed by atoms with Gasteiger partial charge in [0, 0.05) is 10.0 Å². The van der Waals surface area contributed by atoms with Crippen LogP contribution in [0.2, 0.25) is 0 Å². The Kier molecular flexibility index (Phi) is 5.11. The summed E-state index contributed by atoms with van der Waals surface area (Å²) in [6.45, 7) is 1.84. The molecule has 0 radical (unpaired) electrons. The molecular weight excluding hydrogens is 332 g/mol. The summed E-state index contributed by atoms with van der Waals surface area (Å²) in [4.78, 5) is 12.0. The molecule has 2 rings (SSSR count). The highest BCUT2D eigenvalue weighted by Crippen LogP contribution is 2.13. The van der Waals surface area contributed by atoms with Crippen molar-refractivity contribution in [1.29, 1.82) is 0 Å². The SMILES string of the molecule is COc1cccc(C(=O)N/N=C(/C)c2ccc(Br)cc2)c1. The molecule has 0 aromatic heterocycles. The Labute approximate surface area is 132 Å². The summed E-state index contributed by atoms with van der Waals surface area (Å²) in [7, 11) is 1.56. The average molecular weight is 347 g/mol. The van der Waals surface area contributed by atoms with Crippen molar-refractivity contribution in [3.8, 4) is 5.75 Å². The Hall–Kier alpha value is -2.14. The molecule has 0 unspecified atom stereocenters. The first kappa shape index (κ1) is 15.3. The zero-order chi connectivity index (χ0) is 15.2. The van der Waals surface area contributed by atoms with Crippen LogP contribution in [0.15, 0.2) is 58.1 Å². The van der Waals surface area contributed by atoms with Crippen LogP contribution in [-0.4, -0.2) is 18.7 Å². The summed E-state index contributed by atoms with van der Waals surface area (Å²) in [5, 5.41) is 4.12. The normalized spacial score (nSPS) is 11.1. The van der Waals surface area contributed by atoms with E-state index in [9.17, 15) is 4.79 Å². The van der Waals surface area contributed by atoms with E-state index in [-0.39, 0.29) is 5.91 Å². The van der Waals surface area contributed by atoms with Gasteiger partial charge >= 0.3 is 0 Å². The van der Waals surface area contributed by atoms with Crippen LogP contribution in [0.1, 0.15) is 22.8 Å². The standard InChI is InChI=1S/C16H15BrN2O2/c1-11(12-6-8-14(17)9-7-12)18-19-16(20)13-4-3-5-15(10-13)21-2/h3-10H,1-2H3,(H,19,20)/b18-11-. The second-order valence-corrected chi connectivity index (χ2v) is 5.29. The highest BCUT2D eigenvalue weighted by Gasteiger charge is 2.06. The van der Waals surface area contributed by atoms with Crippen molar-refractivity contribution in [2.45, 2.75) is 6.92 Å². The van der Waals surface area contributed by atoms with Gasteiger partial charge in [0.25, 0.3) is 5.91 Å². The Morgan fingerprint density at radius 3 is 2.52 bits per heavy atom. The Morgan fingerprint density at radius 1 is 1.14 bits per heavy atom. The zero-order valence-corrected chi connectivity index (χ0v) is 13.3. The van der Waals surface area contributed by atoms with E-state index in [0.717, 1.165) is 15.7 Å². The Balaban J connectivity index is 2.08. The highest BCUT2D eigenvalue weighted by molar-refractivity contribution is 9.10. The Morgan fingerprint density at radius 2 is 1.86 bits per heavy atom. The lowest BCUT2D eigenvalue weighted by Crippen LogP contribution is -2.19. The number of amides is 1. The second-order valence-electron chi connectivity index (χ2n) is 4.38. The number of methoxy groups -OCH3 is 1. The molecule has 0 aliphatic carbocycles. The van der Waals surface area contributed by atoms with Crippen LogP contribution in [0.4, 0.5) is 0 Å². The van der Waals surface area contributed by atoms with E-state index in [1.807, 2.05) is 31.2 Å². The minimum atomic E-state index is -0.273. The fourth-order valence-electron chi connectivity index (χ4n) is 1.72. The van der Waals surface area contributed by atoms with Crippen LogP contribution in [0, 0.1) is 0 Å². The predicted octanol–water partition coefficient (Wildman–Crippen LogP) is 3.61. The third kappa shape index (κ3) is 4.16. The third-order valence-corrected chi connectivity index (χ3v) is 3.45. The summed E-state index contributed by atoms with van der Waals surface area (Å²) in [6.07, 6.45) is 0. The fraction of sp³-hybridized carbons (Fsp3) is 0.125. The van der Waals surface area contributed by atoms with Gasteiger partial charge in [-0.3, -0.25) is 4.79 Å². The van der Waals surface area contributed by atoms with E-state index in [0.29, 0.717) is 11.3 Å². The molecule has 2 aromatic rings. The largest absolute Gasteiger partial charge is 0.497 e. The van der Waals surface area contributed by atoms with E-state index in [1.54, 1.807) is 31.4 Å². The van der Waals surface area contributed by atoms with Gasteiger partial charge in [-0.25, -0.2) is 5.43 Å². The lowest BCUT2D eigenvalue weighted by molar-refractivity contribution is 0.0954. The maximum Gasteiger partial charge on any atom is 0.271 e. The first-order valence-corrected chi connectivity index (χ1v) is 7.14. The van der Waals surface area contributed by atoms with Crippen molar-refractivity contribution in [2.24, 2.45) is 5.10 Å². The summed E-state index contributed by atoms with van der Waals surface area (Å²) in [5.74, 6) is 0.363. The number of halogens is 1. The molecule has 0 aliphatic rings. The van der Waals surface area contributed by atoms with Gasteiger partial charge in [-0.15, -0.1) is 0 Å². The molecule has 2 aromatic carbocycles. The van der Waals surface area contributed by atoms with Crippen molar-refractivity contribution in [2.75, 3.05) is 7.11 Å². The number of hydrazone groups is 1. The molecule has 0 bridgehead atoms. The van der Waals surface area contributed by atoms with Crippen molar-refractivity contribution in [3.05, 3.63) is 64.1 Å². The van der Waals surface area contributed by atoms with Gasteiger partial charge in [0.1, 0.15) is 5.75 Å². The molecule has 0 spiro atoms. The number of carbonyl (C=O) groups excluding carboxylic acids is 1. The zero-order valence-electron chi connectivity index (χ0n) is 11.8. The van der Waals surface area contributed by atoms with Gasteiger partial charge in [0.15, 0.2) is 0 Å². The number of hydrogen-bond donors (Lipinski definition) is 1. The molecule has 0 atom stereocenters. The molecule has 21 heavy (non-hydrogen) atoms. The molecular formula is C16H15BrN2O2. The molecule has 0 saturated heterocycles. The van der Waals surface area contributed by atoms with Gasteiger partial charge in [-0.1, -0.05) is 34.1 Å². The minimum Gasteiger partial charge on any atom is -0.497 e. The van der Waals surface area contributed by atoms with Crippen LogP contribution in [0.3, 0.4) is 0 Å². The van der Waals surface area contributed by atoms with Gasteiger partial charge in [-0.05, 0) is 42.8 Å². The van der Waals surface area contributed by atoms with Gasteiger partial charge in [0.05, 0.1) is 12.8 Å². The van der Waals surface area contributed by atoms with Crippen LogP contribution in [-0.2, 0) is 0 Å². The lowest BCUT2D eigenvalue weighted by Gasteiger charge is -2.05. The summed E-state index contributed by atoms with van der Waals surface area (Å²) in [5.41, 5.74) is 4.73. The lowest BCUT2D eigenvalue weighted by atomic mass is 10.1.